The molecule has 18 heavy (non-hydrogen) atoms. The predicted molar refractivity (Wildman–Crippen MR) is 88.4 cm³/mol. The molecule has 0 N–H and O–H groups in total. The fourth-order valence-corrected chi connectivity index (χ4v) is 2.71. The molecule has 0 atom stereocenters. The highest BCUT2D eigenvalue weighted by molar-refractivity contribution is 14.1. The van der Waals surface area contributed by atoms with E-state index in [1.165, 1.54) is 32.8 Å². The molecule has 0 amide bonds. The van der Waals surface area contributed by atoms with Crippen LogP contribution < -0.4 is 0 Å². The zero-order valence-electron chi connectivity index (χ0n) is 10.1. The minimum atomic E-state index is 1.03. The normalized spacial score (nSPS) is 11.0. The highest BCUT2D eigenvalue weighted by Gasteiger charge is 1.97. The van der Waals surface area contributed by atoms with Crippen molar-refractivity contribution in [2.75, 3.05) is 0 Å². The Balaban J connectivity index is 1.54. The standard InChI is InChI=1S/C12H16I2N4/c13-11-7-15-17(9-11)5-3-1-2-4-6-18-10-12(14)8-16-18/h7-10H,1-6H2. The largest absolute Gasteiger partial charge is 0.272 e. The third-order valence-electron chi connectivity index (χ3n) is 2.73. The summed E-state index contributed by atoms with van der Waals surface area (Å²) in [6.07, 6.45) is 12.9. The lowest BCUT2D eigenvalue weighted by atomic mass is 10.2. The van der Waals surface area contributed by atoms with Crippen molar-refractivity contribution in [2.24, 2.45) is 0 Å². The molecule has 2 aromatic rings. The van der Waals surface area contributed by atoms with E-state index in [9.17, 15) is 0 Å². The van der Waals surface area contributed by atoms with Gasteiger partial charge in [0.2, 0.25) is 0 Å². The highest BCUT2D eigenvalue weighted by Crippen LogP contribution is 2.07. The Hall–Kier alpha value is -0.120. The summed E-state index contributed by atoms with van der Waals surface area (Å²) in [4.78, 5) is 0. The van der Waals surface area contributed by atoms with Crippen LogP contribution in [0.15, 0.2) is 24.8 Å². The molecule has 4 nitrogen and oxygen atoms in total. The minimum Gasteiger partial charge on any atom is -0.272 e. The maximum atomic E-state index is 4.28. The van der Waals surface area contributed by atoms with Gasteiger partial charge < -0.3 is 0 Å². The molecule has 0 aliphatic carbocycles. The molecule has 0 fully saturated rings. The topological polar surface area (TPSA) is 35.6 Å². The predicted octanol–water partition coefficient (Wildman–Crippen LogP) is 3.55. The average molecular weight is 470 g/mol. The van der Waals surface area contributed by atoms with Crippen molar-refractivity contribution in [3.05, 3.63) is 31.9 Å². The van der Waals surface area contributed by atoms with Crippen LogP contribution in [0, 0.1) is 7.14 Å². The van der Waals surface area contributed by atoms with Gasteiger partial charge >= 0.3 is 0 Å². The van der Waals surface area contributed by atoms with E-state index in [4.69, 9.17) is 0 Å². The first-order chi connectivity index (χ1) is 8.74. The minimum absolute atomic E-state index is 1.03. The second-order valence-electron chi connectivity index (χ2n) is 4.26. The second-order valence-corrected chi connectivity index (χ2v) is 6.75. The van der Waals surface area contributed by atoms with E-state index < -0.39 is 0 Å². The van der Waals surface area contributed by atoms with Crippen molar-refractivity contribution in [2.45, 2.75) is 38.8 Å². The van der Waals surface area contributed by atoms with E-state index in [-0.39, 0.29) is 0 Å². The van der Waals surface area contributed by atoms with Gasteiger partial charge in [-0.2, -0.15) is 10.2 Å². The van der Waals surface area contributed by atoms with Gasteiger partial charge in [0.1, 0.15) is 0 Å². The van der Waals surface area contributed by atoms with Crippen LogP contribution in [-0.4, -0.2) is 19.6 Å². The number of rotatable bonds is 7. The van der Waals surface area contributed by atoms with Crippen molar-refractivity contribution < 1.29 is 0 Å². The van der Waals surface area contributed by atoms with Crippen molar-refractivity contribution in [3.8, 4) is 0 Å². The number of aryl methyl sites for hydroxylation is 2. The van der Waals surface area contributed by atoms with Crippen molar-refractivity contribution in [1.29, 1.82) is 0 Å². The van der Waals surface area contributed by atoms with Crippen LogP contribution in [0.4, 0.5) is 0 Å². The summed E-state index contributed by atoms with van der Waals surface area (Å²) in [5, 5.41) is 8.56. The number of unbranched alkanes of at least 4 members (excludes halogenated alkanes) is 3. The molecule has 0 aromatic carbocycles. The molecule has 2 aromatic heterocycles. The molecule has 2 rings (SSSR count). The van der Waals surface area contributed by atoms with E-state index in [1.54, 1.807) is 0 Å². The Labute approximate surface area is 134 Å². The molecular formula is C12H16I2N4. The fourth-order valence-electron chi connectivity index (χ4n) is 1.82. The first-order valence-electron chi connectivity index (χ1n) is 6.10. The molecule has 2 heterocycles. The van der Waals surface area contributed by atoms with Gasteiger partial charge in [0.05, 0.1) is 19.5 Å². The molecule has 0 bridgehead atoms. The van der Waals surface area contributed by atoms with Crippen LogP contribution in [-0.2, 0) is 13.1 Å². The Kier molecular flexibility index (Phi) is 5.93. The number of halogens is 2. The molecular weight excluding hydrogens is 454 g/mol. The number of hydrogen-bond acceptors (Lipinski definition) is 2. The Bertz CT molecular complexity index is 434. The van der Waals surface area contributed by atoms with E-state index in [0.29, 0.717) is 0 Å². The highest BCUT2D eigenvalue weighted by atomic mass is 127. The molecule has 0 unspecified atom stereocenters. The summed E-state index contributed by atoms with van der Waals surface area (Å²) < 4.78 is 6.47. The van der Waals surface area contributed by atoms with Gasteiger partial charge in [-0.25, -0.2) is 0 Å². The van der Waals surface area contributed by atoms with Gasteiger partial charge in [0, 0.05) is 25.5 Å². The summed E-state index contributed by atoms with van der Waals surface area (Å²) in [7, 11) is 0. The van der Waals surface area contributed by atoms with Crippen LogP contribution in [0.1, 0.15) is 25.7 Å². The summed E-state index contributed by atoms with van der Waals surface area (Å²) in [6.45, 7) is 2.06. The summed E-state index contributed by atoms with van der Waals surface area (Å²) >= 11 is 4.58. The molecule has 0 aliphatic heterocycles. The van der Waals surface area contributed by atoms with E-state index in [2.05, 4.69) is 67.8 Å². The number of hydrogen-bond donors (Lipinski definition) is 0. The maximum absolute atomic E-state index is 4.28. The first-order valence-corrected chi connectivity index (χ1v) is 8.26. The van der Waals surface area contributed by atoms with Crippen LogP contribution in [0.2, 0.25) is 0 Å². The number of nitrogens with zero attached hydrogens (tertiary/aromatic N) is 4. The zero-order chi connectivity index (χ0) is 12.8. The second kappa shape index (κ2) is 7.46. The smallest absolute Gasteiger partial charge is 0.0623 e. The monoisotopic (exact) mass is 470 g/mol. The lowest BCUT2D eigenvalue weighted by Crippen LogP contribution is -2.00. The third-order valence-corrected chi connectivity index (χ3v) is 3.84. The molecule has 0 saturated heterocycles. The molecule has 0 spiro atoms. The molecule has 0 saturated carbocycles. The lowest BCUT2D eigenvalue weighted by molar-refractivity contribution is 0.502. The summed E-state index contributed by atoms with van der Waals surface area (Å²) in [5.41, 5.74) is 0. The van der Waals surface area contributed by atoms with Gasteiger partial charge in [-0.1, -0.05) is 12.8 Å². The van der Waals surface area contributed by atoms with Gasteiger partial charge in [-0.05, 0) is 58.0 Å². The molecule has 0 radical (unpaired) electrons. The Morgan fingerprint density at radius 3 is 1.56 bits per heavy atom. The first kappa shape index (κ1) is 14.3. The SMILES string of the molecule is Ic1cnn(CCCCCCn2cc(I)cn2)c1. The van der Waals surface area contributed by atoms with E-state index in [1.807, 2.05) is 21.8 Å². The van der Waals surface area contributed by atoms with Crippen LogP contribution >= 0.6 is 45.2 Å². The Morgan fingerprint density at radius 1 is 0.778 bits per heavy atom. The Morgan fingerprint density at radius 2 is 1.22 bits per heavy atom. The van der Waals surface area contributed by atoms with Crippen molar-refractivity contribution in [3.63, 3.8) is 0 Å². The summed E-state index contributed by atoms with van der Waals surface area (Å²) in [6, 6.07) is 0. The summed E-state index contributed by atoms with van der Waals surface area (Å²) in [5.74, 6) is 0. The van der Waals surface area contributed by atoms with Crippen LogP contribution in [0.25, 0.3) is 0 Å². The molecule has 98 valence electrons. The van der Waals surface area contributed by atoms with Crippen LogP contribution in [0.5, 0.6) is 0 Å². The van der Waals surface area contributed by atoms with Gasteiger partial charge in [0.25, 0.3) is 0 Å². The van der Waals surface area contributed by atoms with Gasteiger partial charge in [-0.15, -0.1) is 0 Å². The third kappa shape index (κ3) is 4.87. The maximum Gasteiger partial charge on any atom is 0.0623 e. The molecule has 0 aliphatic rings. The van der Waals surface area contributed by atoms with Gasteiger partial charge in [-0.3, -0.25) is 9.36 Å². The number of aromatic nitrogens is 4. The van der Waals surface area contributed by atoms with Gasteiger partial charge in [0.15, 0.2) is 0 Å². The van der Waals surface area contributed by atoms with Crippen molar-refractivity contribution in [1.82, 2.24) is 19.6 Å². The average Bonchev–Trinajstić information content (AvgIpc) is 2.93. The zero-order valence-corrected chi connectivity index (χ0v) is 14.4. The van der Waals surface area contributed by atoms with Crippen LogP contribution in [0.3, 0.4) is 0 Å². The van der Waals surface area contributed by atoms with E-state index >= 15 is 0 Å². The fraction of sp³-hybridized carbons (Fsp3) is 0.500. The van der Waals surface area contributed by atoms with E-state index in [0.717, 1.165) is 13.1 Å². The lowest BCUT2D eigenvalue weighted by Gasteiger charge is -2.03. The molecule has 6 heteroatoms. The quantitative estimate of drug-likeness (QED) is 0.459. The van der Waals surface area contributed by atoms with Crippen molar-refractivity contribution >= 4 is 45.2 Å².